The number of esters is 1. The number of nitrogens with zero attached hydrogens (tertiary/aromatic N) is 5. The van der Waals surface area contributed by atoms with E-state index in [1.165, 1.54) is 37.3 Å². The summed E-state index contributed by atoms with van der Waals surface area (Å²) in [5.41, 5.74) is 0.430. The lowest BCUT2D eigenvalue weighted by Gasteiger charge is -2.32. The molecule has 244 valence electrons. The van der Waals surface area contributed by atoms with Gasteiger partial charge < -0.3 is 9.15 Å². The highest BCUT2D eigenvalue weighted by Crippen LogP contribution is 2.40. The first-order valence-electron chi connectivity index (χ1n) is 14.3. The Labute approximate surface area is 278 Å². The van der Waals surface area contributed by atoms with Crippen LogP contribution in [0.5, 0.6) is 0 Å². The Bertz CT molecular complexity index is 2460. The van der Waals surface area contributed by atoms with Crippen molar-refractivity contribution in [3.63, 3.8) is 0 Å². The zero-order valence-corrected chi connectivity index (χ0v) is 27.4. The lowest BCUT2D eigenvalue weighted by molar-refractivity contribution is -0.387. The van der Waals surface area contributed by atoms with E-state index in [9.17, 15) is 28.1 Å². The number of anilines is 1. The van der Waals surface area contributed by atoms with Gasteiger partial charge in [-0.3, -0.25) is 23.9 Å². The number of carbonyl (C=O) groups excluding carboxylic acids is 1. The number of halogens is 1. The molecule has 15 heteroatoms. The standard InChI is InChI=1S/C33H26ClN5O8S/c1-18-13-22(32-23(14-18)27(40)16-28(47-32)20-9-10-24-21(15-20)17-37(3)36-24)19(2)38(26-11-12-30(34)35-31(26)33(41)46-4)48(44,45)29-8-6-5-7-25(29)39(42)43/h5-17,19H,1-4H3/t19-/m0/s1. The molecule has 1 atom stereocenters. The van der Waals surface area contributed by atoms with Crippen LogP contribution >= 0.6 is 11.6 Å². The van der Waals surface area contributed by atoms with Gasteiger partial charge in [-0.05, 0) is 61.9 Å². The van der Waals surface area contributed by atoms with Crippen molar-refractivity contribution in [3.05, 3.63) is 121 Å². The van der Waals surface area contributed by atoms with Crippen molar-refractivity contribution in [2.24, 2.45) is 7.05 Å². The summed E-state index contributed by atoms with van der Waals surface area (Å²) >= 11 is 6.12. The topological polar surface area (TPSA) is 168 Å². The van der Waals surface area contributed by atoms with E-state index in [1.54, 1.807) is 42.9 Å². The van der Waals surface area contributed by atoms with Gasteiger partial charge in [0.2, 0.25) is 0 Å². The predicted molar refractivity (Wildman–Crippen MR) is 179 cm³/mol. The summed E-state index contributed by atoms with van der Waals surface area (Å²) in [5.74, 6) is -0.789. The molecular formula is C33H26ClN5O8S. The SMILES string of the molecule is COC(=O)c1nc(Cl)ccc1N([C@@H](C)c1cc(C)cc2c(=O)cc(-c3ccc4nn(C)cc4c3)oc12)S(=O)(=O)c1ccccc1[N+](=O)[O-]. The van der Waals surface area contributed by atoms with Crippen molar-refractivity contribution >= 4 is 60.8 Å². The van der Waals surface area contributed by atoms with Crippen molar-refractivity contribution in [3.8, 4) is 11.3 Å². The largest absolute Gasteiger partial charge is 0.464 e. The number of sulfonamides is 1. The van der Waals surface area contributed by atoms with Crippen molar-refractivity contribution in [2.75, 3.05) is 11.4 Å². The van der Waals surface area contributed by atoms with Crippen molar-refractivity contribution < 1.29 is 27.3 Å². The van der Waals surface area contributed by atoms with Crippen LogP contribution in [-0.4, -0.2) is 41.2 Å². The number of nitro benzene ring substituents is 1. The zero-order valence-electron chi connectivity index (χ0n) is 25.9. The monoisotopic (exact) mass is 687 g/mol. The molecule has 13 nitrogen and oxygen atoms in total. The normalized spacial score (nSPS) is 12.3. The predicted octanol–water partition coefficient (Wildman–Crippen LogP) is 6.35. The minimum absolute atomic E-state index is 0.0752. The zero-order chi connectivity index (χ0) is 34.5. The van der Waals surface area contributed by atoms with Crippen LogP contribution in [0.15, 0.2) is 93.1 Å². The van der Waals surface area contributed by atoms with Crippen LogP contribution in [0.25, 0.3) is 33.2 Å². The summed E-state index contributed by atoms with van der Waals surface area (Å²) in [6, 6.07) is 16.1. The van der Waals surface area contributed by atoms with Gasteiger partial charge in [-0.25, -0.2) is 18.2 Å². The maximum atomic E-state index is 14.6. The molecule has 0 aliphatic rings. The van der Waals surface area contributed by atoms with Crippen LogP contribution in [0, 0.1) is 17.0 Å². The first-order chi connectivity index (χ1) is 22.8. The molecule has 48 heavy (non-hydrogen) atoms. The number of hydrogen-bond donors (Lipinski definition) is 0. The first-order valence-corrected chi connectivity index (χ1v) is 16.2. The van der Waals surface area contributed by atoms with E-state index in [-0.39, 0.29) is 38.6 Å². The molecule has 6 aromatic rings. The summed E-state index contributed by atoms with van der Waals surface area (Å²) < 4.78 is 43.0. The first kappa shape index (κ1) is 32.3. The lowest BCUT2D eigenvalue weighted by atomic mass is 10.00. The molecule has 0 amide bonds. The second kappa shape index (κ2) is 12.2. The smallest absolute Gasteiger partial charge is 0.358 e. The number of methoxy groups -OCH3 is 1. The highest BCUT2D eigenvalue weighted by atomic mass is 35.5. The summed E-state index contributed by atoms with van der Waals surface area (Å²) in [4.78, 5) is 41.2. The summed E-state index contributed by atoms with van der Waals surface area (Å²) in [6.07, 6.45) is 1.82. The number of rotatable bonds is 8. The average Bonchev–Trinajstić information content (AvgIpc) is 3.44. The van der Waals surface area contributed by atoms with Crippen LogP contribution < -0.4 is 9.73 Å². The Morgan fingerprint density at radius 2 is 1.85 bits per heavy atom. The minimum atomic E-state index is -4.86. The van der Waals surface area contributed by atoms with Crippen LogP contribution in [-0.2, 0) is 21.8 Å². The molecular weight excluding hydrogens is 662 g/mol. The maximum Gasteiger partial charge on any atom is 0.358 e. The van der Waals surface area contributed by atoms with Crippen molar-refractivity contribution in [1.29, 1.82) is 0 Å². The third-order valence-corrected chi connectivity index (χ3v) is 9.90. The molecule has 0 N–H and O–H groups in total. The molecule has 3 aromatic heterocycles. The van der Waals surface area contributed by atoms with E-state index >= 15 is 0 Å². The summed E-state index contributed by atoms with van der Waals surface area (Å²) in [6.45, 7) is 3.23. The highest BCUT2D eigenvalue weighted by molar-refractivity contribution is 7.93. The van der Waals surface area contributed by atoms with Crippen molar-refractivity contribution in [1.82, 2.24) is 14.8 Å². The average molecular weight is 688 g/mol. The van der Waals surface area contributed by atoms with Gasteiger partial charge in [-0.1, -0.05) is 29.8 Å². The Balaban J connectivity index is 1.64. The van der Waals surface area contributed by atoms with Crippen LogP contribution in [0.1, 0.15) is 34.6 Å². The van der Waals surface area contributed by atoms with E-state index in [2.05, 4.69) is 10.1 Å². The van der Waals surface area contributed by atoms with E-state index < -0.39 is 43.2 Å². The lowest BCUT2D eigenvalue weighted by Crippen LogP contribution is -2.36. The molecule has 0 aliphatic heterocycles. The quantitative estimate of drug-likeness (QED) is 0.0760. The molecule has 0 fully saturated rings. The molecule has 0 radical (unpaired) electrons. The molecule has 0 bridgehead atoms. The van der Waals surface area contributed by atoms with E-state index in [0.717, 1.165) is 34.5 Å². The molecule has 0 saturated carbocycles. The molecule has 0 saturated heterocycles. The number of ether oxygens (including phenoxy) is 1. The Hall–Kier alpha value is -5.60. The van der Waals surface area contributed by atoms with Gasteiger partial charge in [0.25, 0.3) is 15.7 Å². The Morgan fingerprint density at radius 3 is 2.58 bits per heavy atom. The second-order valence-corrected chi connectivity index (χ2v) is 13.1. The number of nitro groups is 1. The van der Waals surface area contributed by atoms with Gasteiger partial charge in [0.1, 0.15) is 16.5 Å². The maximum absolute atomic E-state index is 14.6. The fourth-order valence-electron chi connectivity index (χ4n) is 5.65. The number of para-hydroxylation sites is 1. The number of pyridine rings is 1. The molecule has 0 spiro atoms. The number of benzene rings is 3. The number of aromatic nitrogens is 3. The van der Waals surface area contributed by atoms with Gasteiger partial charge in [0.15, 0.2) is 16.0 Å². The van der Waals surface area contributed by atoms with E-state index in [4.69, 9.17) is 20.8 Å². The van der Waals surface area contributed by atoms with Gasteiger partial charge in [-0.2, -0.15) is 5.10 Å². The minimum Gasteiger partial charge on any atom is -0.464 e. The van der Waals surface area contributed by atoms with E-state index in [0.29, 0.717) is 11.1 Å². The Kier molecular flexibility index (Phi) is 8.23. The highest BCUT2D eigenvalue weighted by Gasteiger charge is 2.39. The number of fused-ring (bicyclic) bond motifs is 2. The molecule has 6 rings (SSSR count). The number of aryl methyl sites for hydroxylation is 2. The van der Waals surface area contributed by atoms with Crippen LogP contribution in [0.3, 0.4) is 0 Å². The van der Waals surface area contributed by atoms with E-state index in [1.807, 2.05) is 12.3 Å². The Morgan fingerprint density at radius 1 is 1.10 bits per heavy atom. The fraction of sp³-hybridized carbons (Fsp3) is 0.152. The van der Waals surface area contributed by atoms with Gasteiger partial charge in [0.05, 0.1) is 34.7 Å². The number of carbonyl (C=O) groups is 1. The van der Waals surface area contributed by atoms with Gasteiger partial charge in [0, 0.05) is 41.9 Å². The molecule has 3 aromatic carbocycles. The van der Waals surface area contributed by atoms with Gasteiger partial charge >= 0.3 is 5.97 Å². The molecule has 0 aliphatic carbocycles. The van der Waals surface area contributed by atoms with Crippen molar-refractivity contribution in [2.45, 2.75) is 24.8 Å². The van der Waals surface area contributed by atoms with Crippen LogP contribution in [0.2, 0.25) is 5.15 Å². The van der Waals surface area contributed by atoms with Gasteiger partial charge in [-0.15, -0.1) is 0 Å². The molecule has 0 unspecified atom stereocenters. The second-order valence-electron chi connectivity index (χ2n) is 11.0. The summed E-state index contributed by atoms with van der Waals surface area (Å²) in [5, 5.41) is 17.2. The van der Waals surface area contributed by atoms with Crippen LogP contribution in [0.4, 0.5) is 11.4 Å². The fourth-order valence-corrected chi connectivity index (χ4v) is 7.60. The third-order valence-electron chi connectivity index (χ3n) is 7.76. The summed E-state index contributed by atoms with van der Waals surface area (Å²) in [7, 11) is -1.98. The number of hydrogen-bond acceptors (Lipinski definition) is 10. The molecule has 3 heterocycles. The third kappa shape index (κ3) is 5.65.